The average molecular weight is 353 g/mol. The molecule has 0 aliphatic heterocycles. The first kappa shape index (κ1) is 18.1. The van der Waals surface area contributed by atoms with Crippen molar-refractivity contribution in [3.05, 3.63) is 27.2 Å². The highest BCUT2D eigenvalue weighted by Gasteiger charge is 2.13. The first-order valence-corrected chi connectivity index (χ1v) is 7.53. The fourth-order valence-corrected chi connectivity index (χ4v) is 2.37. The van der Waals surface area contributed by atoms with Crippen LogP contribution in [0, 0.1) is 5.92 Å². The highest BCUT2D eigenvalue weighted by molar-refractivity contribution is 6.42. The summed E-state index contributed by atoms with van der Waals surface area (Å²) in [6.07, 6.45) is 1.00. The molecule has 0 spiro atoms. The molecule has 0 aromatic heterocycles. The maximum atomic E-state index is 11.7. The van der Waals surface area contributed by atoms with Crippen molar-refractivity contribution in [3.63, 3.8) is 0 Å². The van der Waals surface area contributed by atoms with Crippen LogP contribution in [0.25, 0.3) is 0 Å². The van der Waals surface area contributed by atoms with E-state index >= 15 is 0 Å². The van der Waals surface area contributed by atoms with Gasteiger partial charge in [-0.1, -0.05) is 48.7 Å². The first-order chi connectivity index (χ1) is 9.79. The summed E-state index contributed by atoms with van der Waals surface area (Å²) >= 11 is 17.6. The molecule has 0 aliphatic rings. The van der Waals surface area contributed by atoms with Crippen LogP contribution in [-0.2, 0) is 14.3 Å². The minimum absolute atomic E-state index is 0.215. The molecular weight excluding hydrogens is 337 g/mol. The van der Waals surface area contributed by atoms with E-state index in [4.69, 9.17) is 39.5 Å². The van der Waals surface area contributed by atoms with E-state index in [1.807, 2.05) is 13.8 Å². The van der Waals surface area contributed by atoms with Crippen molar-refractivity contribution in [2.75, 3.05) is 11.9 Å². The largest absolute Gasteiger partial charge is 0.456 e. The molecule has 0 heterocycles. The van der Waals surface area contributed by atoms with Crippen LogP contribution in [0.15, 0.2) is 12.1 Å². The summed E-state index contributed by atoms with van der Waals surface area (Å²) in [5.74, 6) is -0.524. The Labute approximate surface area is 138 Å². The second-order valence-corrected chi connectivity index (χ2v) is 6.14. The number of benzene rings is 1. The van der Waals surface area contributed by atoms with Gasteiger partial charge in [0.2, 0.25) is 0 Å². The quantitative estimate of drug-likeness (QED) is 0.763. The van der Waals surface area contributed by atoms with Crippen molar-refractivity contribution in [3.8, 4) is 0 Å². The Morgan fingerprint density at radius 1 is 1.19 bits per heavy atom. The lowest BCUT2D eigenvalue weighted by Crippen LogP contribution is -2.21. The third-order valence-electron chi connectivity index (χ3n) is 2.56. The van der Waals surface area contributed by atoms with E-state index in [0.717, 1.165) is 6.42 Å². The number of halogens is 3. The molecule has 1 amide bonds. The topological polar surface area (TPSA) is 55.4 Å². The summed E-state index contributed by atoms with van der Waals surface area (Å²) in [6, 6.07) is 2.92. The number of nitrogens with one attached hydrogen (secondary N) is 1. The van der Waals surface area contributed by atoms with Crippen molar-refractivity contribution in [1.29, 1.82) is 0 Å². The number of anilines is 1. The smallest absolute Gasteiger partial charge is 0.306 e. The number of carbonyl (C=O) groups is 2. The molecule has 1 aromatic rings. The summed E-state index contributed by atoms with van der Waals surface area (Å²) in [5, 5.41) is 3.28. The highest BCUT2D eigenvalue weighted by atomic mass is 35.5. The zero-order valence-corrected chi connectivity index (χ0v) is 14.0. The molecule has 4 nitrogen and oxygen atoms in total. The SMILES string of the molecule is CC(C)CCC(=O)OCC(=O)Nc1c(Cl)cc(Cl)cc1Cl. The van der Waals surface area contributed by atoms with E-state index in [-0.39, 0.29) is 28.8 Å². The second-order valence-electron chi connectivity index (χ2n) is 4.89. The van der Waals surface area contributed by atoms with Gasteiger partial charge in [0.05, 0.1) is 15.7 Å². The summed E-state index contributed by atoms with van der Waals surface area (Å²) in [7, 11) is 0. The van der Waals surface area contributed by atoms with Gasteiger partial charge in [0.1, 0.15) is 0 Å². The molecule has 1 aromatic carbocycles. The van der Waals surface area contributed by atoms with Crippen molar-refractivity contribution >= 4 is 52.4 Å². The zero-order chi connectivity index (χ0) is 16.0. The Kier molecular flexibility index (Phi) is 7.29. The van der Waals surface area contributed by atoms with Crippen molar-refractivity contribution in [1.82, 2.24) is 0 Å². The molecule has 0 unspecified atom stereocenters. The third kappa shape index (κ3) is 6.55. The van der Waals surface area contributed by atoms with Gasteiger partial charge in [-0.2, -0.15) is 0 Å². The number of rotatable bonds is 6. The number of hydrogen-bond acceptors (Lipinski definition) is 3. The predicted octanol–water partition coefficient (Wildman–Crippen LogP) is 4.56. The first-order valence-electron chi connectivity index (χ1n) is 6.39. The molecule has 0 fully saturated rings. The minimum atomic E-state index is -0.515. The Hall–Kier alpha value is -0.970. The Morgan fingerprint density at radius 3 is 2.29 bits per heavy atom. The lowest BCUT2D eigenvalue weighted by molar-refractivity contribution is -0.147. The van der Waals surface area contributed by atoms with Crippen LogP contribution in [0.4, 0.5) is 5.69 Å². The number of amides is 1. The van der Waals surface area contributed by atoms with E-state index in [1.54, 1.807) is 0 Å². The molecule has 1 N–H and O–H groups in total. The normalized spacial score (nSPS) is 10.6. The maximum Gasteiger partial charge on any atom is 0.306 e. The molecule has 0 saturated heterocycles. The van der Waals surface area contributed by atoms with Crippen LogP contribution < -0.4 is 5.32 Å². The molecule has 0 aliphatic carbocycles. The summed E-state index contributed by atoms with van der Waals surface area (Å²) in [5.41, 5.74) is 0.242. The summed E-state index contributed by atoms with van der Waals surface area (Å²) < 4.78 is 4.87. The van der Waals surface area contributed by atoms with Gasteiger partial charge >= 0.3 is 5.97 Å². The third-order valence-corrected chi connectivity index (χ3v) is 3.38. The fraction of sp³-hybridized carbons (Fsp3) is 0.429. The summed E-state index contributed by atoms with van der Waals surface area (Å²) in [6.45, 7) is 3.63. The molecular formula is C14H16Cl3NO3. The molecule has 7 heteroatoms. The van der Waals surface area contributed by atoms with E-state index in [0.29, 0.717) is 10.9 Å². The molecule has 1 rings (SSSR count). The van der Waals surface area contributed by atoms with Gasteiger partial charge in [-0.3, -0.25) is 9.59 Å². The molecule has 0 radical (unpaired) electrons. The maximum absolute atomic E-state index is 11.7. The van der Waals surface area contributed by atoms with Crippen LogP contribution in [-0.4, -0.2) is 18.5 Å². The number of hydrogen-bond donors (Lipinski definition) is 1. The van der Waals surface area contributed by atoms with E-state index < -0.39 is 11.9 Å². The van der Waals surface area contributed by atoms with Gasteiger partial charge in [-0.15, -0.1) is 0 Å². The Bertz CT molecular complexity index is 509. The number of ether oxygens (including phenoxy) is 1. The van der Waals surface area contributed by atoms with Crippen molar-refractivity contribution in [2.45, 2.75) is 26.7 Å². The van der Waals surface area contributed by atoms with Crippen molar-refractivity contribution < 1.29 is 14.3 Å². The van der Waals surface area contributed by atoms with E-state index in [1.165, 1.54) is 12.1 Å². The van der Waals surface area contributed by atoms with Crippen LogP contribution in [0.2, 0.25) is 15.1 Å². The van der Waals surface area contributed by atoms with E-state index in [2.05, 4.69) is 5.32 Å². The molecule has 21 heavy (non-hydrogen) atoms. The predicted molar refractivity (Wildman–Crippen MR) is 85.1 cm³/mol. The van der Waals surface area contributed by atoms with Crippen LogP contribution in [0.5, 0.6) is 0 Å². The van der Waals surface area contributed by atoms with Gasteiger partial charge in [0.15, 0.2) is 6.61 Å². The molecule has 0 bridgehead atoms. The molecule has 0 saturated carbocycles. The lowest BCUT2D eigenvalue weighted by atomic mass is 10.1. The second kappa shape index (κ2) is 8.47. The monoisotopic (exact) mass is 351 g/mol. The van der Waals surface area contributed by atoms with Crippen LogP contribution >= 0.6 is 34.8 Å². The van der Waals surface area contributed by atoms with Gasteiger partial charge < -0.3 is 10.1 Å². The molecule has 116 valence electrons. The van der Waals surface area contributed by atoms with Crippen molar-refractivity contribution in [2.24, 2.45) is 5.92 Å². The minimum Gasteiger partial charge on any atom is -0.456 e. The lowest BCUT2D eigenvalue weighted by Gasteiger charge is -2.10. The molecule has 0 atom stereocenters. The number of carbonyl (C=O) groups excluding carboxylic acids is 2. The summed E-state index contributed by atoms with van der Waals surface area (Å²) in [4.78, 5) is 23.1. The van der Waals surface area contributed by atoms with Crippen LogP contribution in [0.3, 0.4) is 0 Å². The number of esters is 1. The Balaban J connectivity index is 2.50. The fourth-order valence-electron chi connectivity index (χ4n) is 1.46. The standard InChI is InChI=1S/C14H16Cl3NO3/c1-8(2)3-4-13(20)21-7-12(19)18-14-10(16)5-9(15)6-11(14)17/h5-6,8H,3-4,7H2,1-2H3,(H,18,19). The highest BCUT2D eigenvalue weighted by Crippen LogP contribution is 2.33. The van der Waals surface area contributed by atoms with Gasteiger partial charge in [0, 0.05) is 11.4 Å². The average Bonchev–Trinajstić information content (AvgIpc) is 2.38. The van der Waals surface area contributed by atoms with Gasteiger partial charge in [-0.25, -0.2) is 0 Å². The van der Waals surface area contributed by atoms with Gasteiger partial charge in [0.25, 0.3) is 5.91 Å². The van der Waals surface area contributed by atoms with E-state index in [9.17, 15) is 9.59 Å². The van der Waals surface area contributed by atoms with Crippen LogP contribution in [0.1, 0.15) is 26.7 Å². The Morgan fingerprint density at radius 2 is 1.76 bits per heavy atom. The zero-order valence-electron chi connectivity index (χ0n) is 11.7. The van der Waals surface area contributed by atoms with Gasteiger partial charge in [-0.05, 0) is 24.5 Å².